The molecule has 1 unspecified atom stereocenters. The van der Waals surface area contributed by atoms with Crippen LogP contribution >= 0.6 is 0 Å². The molecule has 1 aromatic rings. The highest BCUT2D eigenvalue weighted by Crippen LogP contribution is 2.37. The van der Waals surface area contributed by atoms with Gasteiger partial charge in [-0.3, -0.25) is 0 Å². The van der Waals surface area contributed by atoms with E-state index in [0.717, 1.165) is 11.8 Å². The average molecular weight is 224 g/mol. The van der Waals surface area contributed by atoms with E-state index < -0.39 is 0 Å². The van der Waals surface area contributed by atoms with Crippen molar-refractivity contribution in [1.82, 2.24) is 0 Å². The van der Waals surface area contributed by atoms with Crippen molar-refractivity contribution in [3.8, 4) is 17.2 Å². The van der Waals surface area contributed by atoms with E-state index in [0.29, 0.717) is 17.2 Å². The molecule has 4 nitrogen and oxygen atoms in total. The first-order chi connectivity index (χ1) is 7.67. The third kappa shape index (κ3) is 2.27. The maximum atomic E-state index is 10.8. The molecule has 0 amide bonds. The quantitative estimate of drug-likeness (QED) is 0.718. The highest BCUT2D eigenvalue weighted by atomic mass is 16.5. The molecule has 16 heavy (non-hydrogen) atoms. The van der Waals surface area contributed by atoms with E-state index in [1.54, 1.807) is 40.4 Å². The van der Waals surface area contributed by atoms with Crippen LogP contribution in [0.25, 0.3) is 0 Å². The fourth-order valence-corrected chi connectivity index (χ4v) is 1.48. The number of ether oxygens (including phenoxy) is 3. The lowest BCUT2D eigenvalue weighted by Crippen LogP contribution is -2.01. The minimum absolute atomic E-state index is 0.241. The van der Waals surface area contributed by atoms with Crippen LogP contribution in [0.2, 0.25) is 0 Å². The second-order valence-electron chi connectivity index (χ2n) is 3.37. The Labute approximate surface area is 95.1 Å². The van der Waals surface area contributed by atoms with Crippen molar-refractivity contribution in [3.63, 3.8) is 0 Å². The predicted molar refractivity (Wildman–Crippen MR) is 60.6 cm³/mol. The number of benzene rings is 1. The number of hydrogen-bond acceptors (Lipinski definition) is 4. The van der Waals surface area contributed by atoms with E-state index in [-0.39, 0.29) is 5.92 Å². The first-order valence-electron chi connectivity index (χ1n) is 4.93. The third-order valence-corrected chi connectivity index (χ3v) is 2.43. The van der Waals surface area contributed by atoms with Gasteiger partial charge < -0.3 is 19.0 Å². The number of hydrogen-bond donors (Lipinski definition) is 0. The molecular weight excluding hydrogens is 208 g/mol. The smallest absolute Gasteiger partial charge is 0.164 e. The summed E-state index contributed by atoms with van der Waals surface area (Å²) in [6.07, 6.45) is 0.865. The Morgan fingerprint density at radius 3 is 1.94 bits per heavy atom. The highest BCUT2D eigenvalue weighted by Gasteiger charge is 2.15. The van der Waals surface area contributed by atoms with Crippen molar-refractivity contribution in [2.45, 2.75) is 12.8 Å². The second-order valence-corrected chi connectivity index (χ2v) is 3.37. The summed E-state index contributed by atoms with van der Waals surface area (Å²) in [5.41, 5.74) is 0.787. The summed E-state index contributed by atoms with van der Waals surface area (Å²) in [6.45, 7) is 1.80. The van der Waals surface area contributed by atoms with Crippen LogP contribution in [0.5, 0.6) is 17.2 Å². The highest BCUT2D eigenvalue weighted by molar-refractivity contribution is 5.66. The second kappa shape index (κ2) is 5.39. The van der Waals surface area contributed by atoms with Crippen LogP contribution in [0.1, 0.15) is 18.4 Å². The first-order valence-corrected chi connectivity index (χ1v) is 4.93. The lowest BCUT2D eigenvalue weighted by atomic mass is 10.0. The molecule has 0 aliphatic rings. The zero-order valence-corrected chi connectivity index (χ0v) is 9.94. The van der Waals surface area contributed by atoms with Crippen molar-refractivity contribution < 1.29 is 19.0 Å². The predicted octanol–water partition coefficient (Wildman–Crippen LogP) is 2.01. The van der Waals surface area contributed by atoms with Crippen LogP contribution in [0.15, 0.2) is 12.1 Å². The monoisotopic (exact) mass is 224 g/mol. The van der Waals surface area contributed by atoms with Gasteiger partial charge in [-0.25, -0.2) is 0 Å². The van der Waals surface area contributed by atoms with Gasteiger partial charge in [0.15, 0.2) is 11.5 Å². The molecule has 0 bridgehead atoms. The van der Waals surface area contributed by atoms with Gasteiger partial charge in [-0.15, -0.1) is 0 Å². The molecule has 0 heterocycles. The normalized spacial score (nSPS) is 11.8. The first kappa shape index (κ1) is 12.4. The summed E-state index contributed by atoms with van der Waals surface area (Å²) in [5.74, 6) is 1.56. The van der Waals surface area contributed by atoms with Crippen molar-refractivity contribution in [3.05, 3.63) is 17.7 Å². The molecule has 0 spiro atoms. The molecule has 0 aliphatic carbocycles. The van der Waals surface area contributed by atoms with Gasteiger partial charge in [-0.2, -0.15) is 0 Å². The van der Waals surface area contributed by atoms with Crippen LogP contribution in [0.4, 0.5) is 0 Å². The number of methoxy groups -OCH3 is 3. The number of carbonyl (C=O) groups excluding carboxylic acids is 1. The van der Waals surface area contributed by atoms with E-state index in [4.69, 9.17) is 14.2 Å². The summed E-state index contributed by atoms with van der Waals surface area (Å²) < 4.78 is 15.5. The molecule has 4 heteroatoms. The van der Waals surface area contributed by atoms with E-state index in [1.165, 1.54) is 0 Å². The summed E-state index contributed by atoms with van der Waals surface area (Å²) in [7, 11) is 4.67. The van der Waals surface area contributed by atoms with Gasteiger partial charge in [0, 0.05) is 17.5 Å². The van der Waals surface area contributed by atoms with Crippen LogP contribution in [0.3, 0.4) is 0 Å². The molecule has 0 saturated heterocycles. The number of aldehydes is 1. The molecule has 1 aromatic carbocycles. The Bertz CT molecular complexity index is 374. The Morgan fingerprint density at radius 2 is 1.50 bits per heavy atom. The fraction of sp³-hybridized carbons (Fsp3) is 0.417. The van der Waals surface area contributed by atoms with Gasteiger partial charge in [0.1, 0.15) is 12.0 Å². The molecule has 1 rings (SSSR count). The van der Waals surface area contributed by atoms with Crippen LogP contribution in [-0.4, -0.2) is 27.6 Å². The van der Waals surface area contributed by atoms with Gasteiger partial charge >= 0.3 is 0 Å². The van der Waals surface area contributed by atoms with Gasteiger partial charge in [0.2, 0.25) is 0 Å². The van der Waals surface area contributed by atoms with Crippen LogP contribution in [-0.2, 0) is 4.79 Å². The standard InChI is InChI=1S/C12H16O4/c1-8(7-13)9-5-11(15-3)12(16-4)6-10(9)14-2/h5-8H,1-4H3. The Morgan fingerprint density at radius 1 is 1.00 bits per heavy atom. The van der Waals surface area contributed by atoms with Crippen molar-refractivity contribution >= 4 is 6.29 Å². The van der Waals surface area contributed by atoms with Gasteiger partial charge in [0.05, 0.1) is 21.3 Å². The molecular formula is C12H16O4. The Balaban J connectivity index is 3.31. The third-order valence-electron chi connectivity index (χ3n) is 2.43. The molecule has 0 radical (unpaired) electrons. The fourth-order valence-electron chi connectivity index (χ4n) is 1.48. The molecule has 0 aromatic heterocycles. The van der Waals surface area contributed by atoms with Gasteiger partial charge in [0.25, 0.3) is 0 Å². The molecule has 0 fully saturated rings. The summed E-state index contributed by atoms with van der Waals surface area (Å²) in [6, 6.07) is 3.48. The van der Waals surface area contributed by atoms with Crippen molar-refractivity contribution in [2.24, 2.45) is 0 Å². The van der Waals surface area contributed by atoms with Crippen molar-refractivity contribution in [1.29, 1.82) is 0 Å². The maximum Gasteiger partial charge on any atom is 0.164 e. The summed E-state index contributed by atoms with van der Waals surface area (Å²) in [5, 5.41) is 0. The zero-order chi connectivity index (χ0) is 12.1. The molecule has 1 atom stereocenters. The number of carbonyl (C=O) groups is 1. The minimum Gasteiger partial charge on any atom is -0.496 e. The van der Waals surface area contributed by atoms with E-state index in [2.05, 4.69) is 0 Å². The van der Waals surface area contributed by atoms with E-state index >= 15 is 0 Å². The van der Waals surface area contributed by atoms with Crippen molar-refractivity contribution in [2.75, 3.05) is 21.3 Å². The average Bonchev–Trinajstić information content (AvgIpc) is 2.35. The molecule has 0 aliphatic heterocycles. The van der Waals surface area contributed by atoms with Gasteiger partial charge in [-0.05, 0) is 6.07 Å². The largest absolute Gasteiger partial charge is 0.496 e. The van der Waals surface area contributed by atoms with Gasteiger partial charge in [-0.1, -0.05) is 6.92 Å². The Hall–Kier alpha value is -1.71. The molecule has 0 N–H and O–H groups in total. The lowest BCUT2D eigenvalue weighted by Gasteiger charge is -2.15. The van der Waals surface area contributed by atoms with E-state index in [1.807, 2.05) is 0 Å². The lowest BCUT2D eigenvalue weighted by molar-refractivity contribution is -0.108. The minimum atomic E-state index is -0.241. The van der Waals surface area contributed by atoms with Crippen LogP contribution < -0.4 is 14.2 Å². The topological polar surface area (TPSA) is 44.8 Å². The summed E-state index contributed by atoms with van der Waals surface area (Å²) in [4.78, 5) is 10.8. The zero-order valence-electron chi connectivity index (χ0n) is 9.94. The maximum absolute atomic E-state index is 10.8. The molecule has 0 saturated carbocycles. The Kier molecular flexibility index (Phi) is 4.17. The SMILES string of the molecule is COc1cc(OC)c(C(C)C=O)cc1OC. The number of rotatable bonds is 5. The summed E-state index contributed by atoms with van der Waals surface area (Å²) >= 11 is 0. The molecule has 88 valence electrons. The van der Waals surface area contributed by atoms with Crippen LogP contribution in [0, 0.1) is 0 Å². The van der Waals surface area contributed by atoms with E-state index in [9.17, 15) is 4.79 Å².